The van der Waals surface area contributed by atoms with E-state index in [9.17, 15) is 13.6 Å². The molecule has 0 aliphatic carbocycles. The van der Waals surface area contributed by atoms with Gasteiger partial charge in [0.25, 0.3) is 5.91 Å². The van der Waals surface area contributed by atoms with Crippen molar-refractivity contribution in [1.29, 1.82) is 0 Å². The van der Waals surface area contributed by atoms with Crippen LogP contribution in [-0.2, 0) is 6.42 Å². The number of nitrogens with zero attached hydrogens (tertiary/aromatic N) is 3. The van der Waals surface area contributed by atoms with E-state index in [0.717, 1.165) is 17.3 Å². The van der Waals surface area contributed by atoms with Gasteiger partial charge in [-0.2, -0.15) is 5.10 Å². The Morgan fingerprint density at radius 2 is 1.92 bits per heavy atom. The molecule has 5 nitrogen and oxygen atoms in total. The van der Waals surface area contributed by atoms with Crippen molar-refractivity contribution in [2.24, 2.45) is 0 Å². The van der Waals surface area contributed by atoms with Gasteiger partial charge in [0, 0.05) is 18.2 Å². The number of carbonyl (C=O) groups is 1. The van der Waals surface area contributed by atoms with Gasteiger partial charge in [-0.3, -0.25) is 4.79 Å². The summed E-state index contributed by atoms with van der Waals surface area (Å²) in [5.74, 6) is -1.48. The Bertz CT molecular complexity index is 874. The smallest absolute Gasteiger partial charge is 0.251 e. The molecule has 0 spiro atoms. The highest BCUT2D eigenvalue weighted by Crippen LogP contribution is 2.14. The number of aromatic nitrogens is 3. The number of nitrogens with one attached hydrogen (secondary N) is 1. The van der Waals surface area contributed by atoms with Crippen molar-refractivity contribution >= 4 is 5.91 Å². The zero-order valence-electron chi connectivity index (χ0n) is 13.5. The Morgan fingerprint density at radius 1 is 1.16 bits per heavy atom. The van der Waals surface area contributed by atoms with Crippen LogP contribution in [-0.4, -0.2) is 27.2 Å². The highest BCUT2D eigenvalue weighted by molar-refractivity contribution is 5.95. The molecule has 128 valence electrons. The maximum atomic E-state index is 13.1. The third kappa shape index (κ3) is 4.06. The summed E-state index contributed by atoms with van der Waals surface area (Å²) < 4.78 is 27.9. The molecule has 0 fully saturated rings. The lowest BCUT2D eigenvalue weighted by molar-refractivity contribution is 0.0953. The van der Waals surface area contributed by atoms with Crippen LogP contribution >= 0.6 is 0 Å². The normalized spacial score (nSPS) is 10.7. The average molecular weight is 342 g/mol. The maximum absolute atomic E-state index is 13.1. The monoisotopic (exact) mass is 342 g/mol. The summed E-state index contributed by atoms with van der Waals surface area (Å²) in [7, 11) is 0. The summed E-state index contributed by atoms with van der Waals surface area (Å²) in [6.07, 6.45) is 3.36. The number of benzene rings is 2. The van der Waals surface area contributed by atoms with Crippen LogP contribution in [0.2, 0.25) is 0 Å². The van der Waals surface area contributed by atoms with E-state index in [-0.39, 0.29) is 12.5 Å². The molecule has 1 aromatic heterocycles. The van der Waals surface area contributed by atoms with Crippen LogP contribution in [0.1, 0.15) is 21.5 Å². The summed E-state index contributed by atoms with van der Waals surface area (Å²) in [5, 5.41) is 6.81. The number of rotatable bonds is 5. The molecule has 1 N–H and O–H groups in total. The van der Waals surface area contributed by atoms with Gasteiger partial charge in [-0.05, 0) is 54.8 Å². The quantitative estimate of drug-likeness (QED) is 0.776. The maximum Gasteiger partial charge on any atom is 0.251 e. The molecule has 0 radical (unpaired) electrons. The summed E-state index contributed by atoms with van der Waals surface area (Å²) in [5.41, 5.74) is 2.63. The van der Waals surface area contributed by atoms with Crippen LogP contribution < -0.4 is 5.32 Å². The molecule has 1 amide bonds. The number of aryl methyl sites for hydroxylation is 1. The van der Waals surface area contributed by atoms with Crippen molar-refractivity contribution in [3.05, 3.63) is 77.4 Å². The lowest BCUT2D eigenvalue weighted by Gasteiger charge is -2.10. The second kappa shape index (κ2) is 7.21. The Hall–Kier alpha value is -3.09. The fraction of sp³-hybridized carbons (Fsp3) is 0.167. The first-order valence-corrected chi connectivity index (χ1v) is 7.72. The predicted molar refractivity (Wildman–Crippen MR) is 88.5 cm³/mol. The van der Waals surface area contributed by atoms with Crippen LogP contribution in [0.15, 0.2) is 49.1 Å². The van der Waals surface area contributed by atoms with Crippen LogP contribution in [0.4, 0.5) is 8.78 Å². The van der Waals surface area contributed by atoms with Crippen LogP contribution in [0.5, 0.6) is 0 Å². The molecule has 0 atom stereocenters. The van der Waals surface area contributed by atoms with Crippen molar-refractivity contribution in [3.63, 3.8) is 0 Å². The predicted octanol–water partition coefficient (Wildman–Crippen LogP) is 2.83. The van der Waals surface area contributed by atoms with Gasteiger partial charge >= 0.3 is 0 Å². The van der Waals surface area contributed by atoms with E-state index in [1.165, 1.54) is 18.5 Å². The minimum Gasteiger partial charge on any atom is -0.352 e. The van der Waals surface area contributed by atoms with Gasteiger partial charge in [0.2, 0.25) is 0 Å². The van der Waals surface area contributed by atoms with Gasteiger partial charge in [0.15, 0.2) is 0 Å². The lowest BCUT2D eigenvalue weighted by Crippen LogP contribution is -2.26. The van der Waals surface area contributed by atoms with Gasteiger partial charge in [0.05, 0.1) is 5.69 Å². The van der Waals surface area contributed by atoms with E-state index in [2.05, 4.69) is 15.4 Å². The molecule has 2 aromatic carbocycles. The first-order chi connectivity index (χ1) is 12.0. The summed E-state index contributed by atoms with van der Waals surface area (Å²) >= 11 is 0. The zero-order valence-corrected chi connectivity index (χ0v) is 13.5. The fourth-order valence-corrected chi connectivity index (χ4v) is 2.56. The van der Waals surface area contributed by atoms with E-state index in [0.29, 0.717) is 17.5 Å². The number of halogens is 2. The van der Waals surface area contributed by atoms with Crippen LogP contribution in [0.25, 0.3) is 5.69 Å². The third-order valence-corrected chi connectivity index (χ3v) is 3.76. The van der Waals surface area contributed by atoms with E-state index >= 15 is 0 Å². The second-order valence-electron chi connectivity index (χ2n) is 5.62. The summed E-state index contributed by atoms with van der Waals surface area (Å²) in [4.78, 5) is 16.2. The van der Waals surface area contributed by atoms with E-state index < -0.39 is 11.6 Å². The SMILES string of the molecule is Cc1cc(-n2cncn2)ccc1C(=O)NCCc1cc(F)cc(F)c1. The summed E-state index contributed by atoms with van der Waals surface area (Å²) in [6.45, 7) is 2.11. The van der Waals surface area contributed by atoms with Gasteiger partial charge in [0.1, 0.15) is 24.3 Å². The molecule has 0 aliphatic rings. The first kappa shape index (κ1) is 16.8. The topological polar surface area (TPSA) is 59.8 Å². The Balaban J connectivity index is 1.63. The van der Waals surface area contributed by atoms with Crippen LogP contribution in [0.3, 0.4) is 0 Å². The standard InChI is InChI=1S/C18H16F2N4O/c1-12-6-16(24-11-21-10-23-24)2-3-17(12)18(25)22-5-4-13-7-14(19)9-15(20)8-13/h2-3,6-11H,4-5H2,1H3,(H,22,25). The van der Waals surface area contributed by atoms with Gasteiger partial charge < -0.3 is 5.32 Å². The molecule has 1 heterocycles. The minimum absolute atomic E-state index is 0.237. The Labute approximate surface area is 143 Å². The number of carbonyl (C=O) groups excluding carboxylic acids is 1. The largest absolute Gasteiger partial charge is 0.352 e. The van der Waals surface area contributed by atoms with E-state index in [1.54, 1.807) is 23.1 Å². The molecule has 3 aromatic rings. The second-order valence-corrected chi connectivity index (χ2v) is 5.62. The van der Waals surface area contributed by atoms with Gasteiger partial charge in [-0.25, -0.2) is 18.4 Å². The number of hydrogen-bond donors (Lipinski definition) is 1. The fourth-order valence-electron chi connectivity index (χ4n) is 2.56. The van der Waals surface area contributed by atoms with Gasteiger partial charge in [-0.1, -0.05) is 0 Å². The highest BCUT2D eigenvalue weighted by Gasteiger charge is 2.10. The first-order valence-electron chi connectivity index (χ1n) is 7.72. The average Bonchev–Trinajstić information content (AvgIpc) is 3.08. The van der Waals surface area contributed by atoms with Crippen molar-refractivity contribution in [3.8, 4) is 5.69 Å². The zero-order chi connectivity index (χ0) is 17.8. The van der Waals surface area contributed by atoms with Crippen molar-refractivity contribution in [2.45, 2.75) is 13.3 Å². The molecule has 0 bridgehead atoms. The highest BCUT2D eigenvalue weighted by atomic mass is 19.1. The molecular formula is C18H16F2N4O. The minimum atomic E-state index is -0.624. The molecule has 3 rings (SSSR count). The van der Waals surface area contributed by atoms with Gasteiger partial charge in [-0.15, -0.1) is 0 Å². The number of amides is 1. The molecule has 0 aliphatic heterocycles. The molecular weight excluding hydrogens is 326 g/mol. The van der Waals surface area contributed by atoms with E-state index in [1.807, 2.05) is 13.0 Å². The van der Waals surface area contributed by atoms with E-state index in [4.69, 9.17) is 0 Å². The molecule has 25 heavy (non-hydrogen) atoms. The third-order valence-electron chi connectivity index (χ3n) is 3.76. The van der Waals surface area contributed by atoms with Crippen molar-refractivity contribution in [2.75, 3.05) is 6.54 Å². The molecule has 0 unspecified atom stereocenters. The van der Waals surface area contributed by atoms with Crippen molar-refractivity contribution in [1.82, 2.24) is 20.1 Å². The number of hydrogen-bond acceptors (Lipinski definition) is 3. The molecule has 0 saturated heterocycles. The lowest BCUT2D eigenvalue weighted by atomic mass is 10.1. The van der Waals surface area contributed by atoms with Crippen molar-refractivity contribution < 1.29 is 13.6 Å². The Kier molecular flexibility index (Phi) is 4.83. The molecule has 7 heteroatoms. The Morgan fingerprint density at radius 3 is 2.56 bits per heavy atom. The molecule has 0 saturated carbocycles. The summed E-state index contributed by atoms with van der Waals surface area (Å²) in [6, 6.07) is 8.66. The van der Waals surface area contributed by atoms with Crippen LogP contribution in [0, 0.1) is 18.6 Å².